The third-order valence-electron chi connectivity index (χ3n) is 2.91. The summed E-state index contributed by atoms with van der Waals surface area (Å²) in [7, 11) is 0. The Balaban J connectivity index is 2.20. The molecular formula is C13H18O6. The van der Waals surface area contributed by atoms with Gasteiger partial charge < -0.3 is 18.9 Å². The highest BCUT2D eigenvalue weighted by Gasteiger charge is 2.51. The van der Waals surface area contributed by atoms with Crippen molar-refractivity contribution in [1.82, 2.24) is 0 Å². The van der Waals surface area contributed by atoms with Gasteiger partial charge in [0.25, 0.3) is 0 Å². The summed E-state index contributed by atoms with van der Waals surface area (Å²) >= 11 is 0. The molecule has 2 rings (SSSR count). The number of hydrogen-bond donors (Lipinski definition) is 0. The van der Waals surface area contributed by atoms with Crippen LogP contribution in [-0.4, -0.2) is 42.1 Å². The van der Waals surface area contributed by atoms with E-state index in [4.69, 9.17) is 18.9 Å². The largest absolute Gasteiger partial charge is 0.455 e. The molecule has 2 aliphatic rings. The van der Waals surface area contributed by atoms with Crippen LogP contribution in [0.5, 0.6) is 0 Å². The number of carbonyl (C=O) groups excluding carboxylic acids is 2. The minimum absolute atomic E-state index is 0.396. The van der Waals surface area contributed by atoms with Gasteiger partial charge in [0, 0.05) is 13.8 Å². The molecular weight excluding hydrogens is 252 g/mol. The lowest BCUT2D eigenvalue weighted by Crippen LogP contribution is -2.47. The maximum Gasteiger partial charge on any atom is 0.303 e. The predicted octanol–water partition coefficient (Wildman–Crippen LogP) is 0.940. The molecule has 6 nitrogen and oxygen atoms in total. The van der Waals surface area contributed by atoms with E-state index in [1.54, 1.807) is 26.0 Å². The number of esters is 2. The average molecular weight is 270 g/mol. The topological polar surface area (TPSA) is 71.1 Å². The van der Waals surface area contributed by atoms with Crippen LogP contribution in [0.3, 0.4) is 0 Å². The smallest absolute Gasteiger partial charge is 0.303 e. The normalized spacial score (nSPS) is 35.6. The van der Waals surface area contributed by atoms with Gasteiger partial charge in [0.2, 0.25) is 0 Å². The van der Waals surface area contributed by atoms with E-state index in [2.05, 4.69) is 0 Å². The number of carbonyl (C=O) groups is 2. The predicted molar refractivity (Wildman–Crippen MR) is 64.1 cm³/mol. The lowest BCUT2D eigenvalue weighted by molar-refractivity contribution is -0.167. The van der Waals surface area contributed by atoms with E-state index in [0.717, 1.165) is 0 Å². The van der Waals surface area contributed by atoms with Gasteiger partial charge in [-0.05, 0) is 26.0 Å². The molecule has 0 aromatic rings. The monoisotopic (exact) mass is 270 g/mol. The van der Waals surface area contributed by atoms with E-state index >= 15 is 0 Å². The Morgan fingerprint density at radius 1 is 0.947 bits per heavy atom. The van der Waals surface area contributed by atoms with Gasteiger partial charge in [-0.25, -0.2) is 0 Å². The molecule has 0 aromatic heterocycles. The fraction of sp³-hybridized carbons (Fsp3) is 0.692. The second-order valence-corrected chi connectivity index (χ2v) is 5.10. The molecule has 0 unspecified atom stereocenters. The van der Waals surface area contributed by atoms with Crippen LogP contribution in [0.15, 0.2) is 12.2 Å². The van der Waals surface area contributed by atoms with Crippen LogP contribution in [0.25, 0.3) is 0 Å². The molecule has 6 heteroatoms. The first kappa shape index (κ1) is 14.0. The first-order valence-electron chi connectivity index (χ1n) is 6.17. The van der Waals surface area contributed by atoms with Crippen LogP contribution in [0.1, 0.15) is 27.7 Å². The SMILES string of the molecule is CC(=O)O[C@@H]1C=C[C@@H](OC(C)=O)[C@H]2OC(C)(C)O[C@H]21. The van der Waals surface area contributed by atoms with E-state index in [-0.39, 0.29) is 0 Å². The summed E-state index contributed by atoms with van der Waals surface area (Å²) < 4.78 is 21.8. The van der Waals surface area contributed by atoms with Crippen molar-refractivity contribution in [1.29, 1.82) is 0 Å². The number of ether oxygens (including phenoxy) is 4. The van der Waals surface area contributed by atoms with Crippen molar-refractivity contribution in [3.05, 3.63) is 12.2 Å². The second-order valence-electron chi connectivity index (χ2n) is 5.10. The van der Waals surface area contributed by atoms with Crippen molar-refractivity contribution in [3.8, 4) is 0 Å². The van der Waals surface area contributed by atoms with Crippen LogP contribution in [-0.2, 0) is 28.5 Å². The lowest BCUT2D eigenvalue weighted by Gasteiger charge is -2.31. The summed E-state index contributed by atoms with van der Waals surface area (Å²) in [5.74, 6) is -1.60. The molecule has 106 valence electrons. The maximum atomic E-state index is 11.1. The summed E-state index contributed by atoms with van der Waals surface area (Å²) in [6, 6.07) is 0. The molecule has 0 spiro atoms. The Hall–Kier alpha value is -1.40. The number of fused-ring (bicyclic) bond motifs is 1. The van der Waals surface area contributed by atoms with Crippen molar-refractivity contribution < 1.29 is 28.5 Å². The van der Waals surface area contributed by atoms with Gasteiger partial charge in [-0.3, -0.25) is 9.59 Å². The number of rotatable bonds is 2. The Labute approximate surface area is 111 Å². The van der Waals surface area contributed by atoms with Crippen molar-refractivity contribution >= 4 is 11.9 Å². The van der Waals surface area contributed by atoms with E-state index < -0.39 is 42.1 Å². The van der Waals surface area contributed by atoms with Crippen molar-refractivity contribution in [3.63, 3.8) is 0 Å². The first-order valence-corrected chi connectivity index (χ1v) is 6.17. The van der Waals surface area contributed by atoms with Gasteiger partial charge in [0.05, 0.1) is 0 Å². The van der Waals surface area contributed by atoms with Crippen LogP contribution in [0.4, 0.5) is 0 Å². The van der Waals surface area contributed by atoms with Gasteiger partial charge in [0.15, 0.2) is 5.79 Å². The van der Waals surface area contributed by atoms with Crippen LogP contribution >= 0.6 is 0 Å². The first-order chi connectivity index (χ1) is 8.78. The van der Waals surface area contributed by atoms with Crippen LogP contribution < -0.4 is 0 Å². The van der Waals surface area contributed by atoms with Crippen molar-refractivity contribution in [2.24, 2.45) is 0 Å². The third kappa shape index (κ3) is 3.13. The summed E-state index contributed by atoms with van der Waals surface area (Å²) in [6.07, 6.45) is 1.32. The zero-order valence-corrected chi connectivity index (χ0v) is 11.4. The molecule has 4 atom stereocenters. The lowest BCUT2D eigenvalue weighted by atomic mass is 9.96. The zero-order chi connectivity index (χ0) is 14.2. The van der Waals surface area contributed by atoms with E-state index in [9.17, 15) is 9.59 Å². The Morgan fingerprint density at radius 2 is 1.32 bits per heavy atom. The molecule has 0 amide bonds. The van der Waals surface area contributed by atoms with Crippen LogP contribution in [0.2, 0.25) is 0 Å². The molecule has 1 saturated heterocycles. The van der Waals surface area contributed by atoms with E-state index in [1.807, 2.05) is 0 Å². The molecule has 0 radical (unpaired) electrons. The molecule has 1 aliphatic heterocycles. The molecule has 0 saturated carbocycles. The molecule has 0 bridgehead atoms. The van der Waals surface area contributed by atoms with Gasteiger partial charge in [0.1, 0.15) is 24.4 Å². The summed E-state index contributed by atoms with van der Waals surface area (Å²) in [5.41, 5.74) is 0. The van der Waals surface area contributed by atoms with E-state index in [1.165, 1.54) is 13.8 Å². The van der Waals surface area contributed by atoms with Gasteiger partial charge in [-0.1, -0.05) is 0 Å². The molecule has 0 aromatic carbocycles. The quantitative estimate of drug-likeness (QED) is 0.549. The summed E-state index contributed by atoms with van der Waals surface area (Å²) in [5, 5.41) is 0. The van der Waals surface area contributed by atoms with Crippen LogP contribution in [0, 0.1) is 0 Å². The third-order valence-corrected chi connectivity index (χ3v) is 2.91. The maximum absolute atomic E-state index is 11.1. The molecule has 19 heavy (non-hydrogen) atoms. The molecule has 1 aliphatic carbocycles. The minimum Gasteiger partial charge on any atom is -0.455 e. The number of hydrogen-bond acceptors (Lipinski definition) is 6. The Morgan fingerprint density at radius 3 is 1.63 bits per heavy atom. The van der Waals surface area contributed by atoms with Crippen molar-refractivity contribution in [2.45, 2.75) is 57.9 Å². The summed E-state index contributed by atoms with van der Waals surface area (Å²) in [4.78, 5) is 22.2. The van der Waals surface area contributed by atoms with E-state index in [0.29, 0.717) is 0 Å². The Bertz CT molecular complexity index is 377. The van der Waals surface area contributed by atoms with Gasteiger partial charge in [-0.15, -0.1) is 0 Å². The highest BCUT2D eigenvalue weighted by molar-refractivity contribution is 5.67. The average Bonchev–Trinajstić information content (AvgIpc) is 2.57. The standard InChI is InChI=1S/C13H18O6/c1-7(14)16-9-5-6-10(17-8(2)15)12-11(9)18-13(3,4)19-12/h5-6,9-12H,1-4H3/t9-,10-,11-,12+/m1/s1. The minimum atomic E-state index is -0.807. The fourth-order valence-corrected chi connectivity index (χ4v) is 2.36. The van der Waals surface area contributed by atoms with Crippen molar-refractivity contribution in [2.75, 3.05) is 0 Å². The van der Waals surface area contributed by atoms with Gasteiger partial charge >= 0.3 is 11.9 Å². The fourth-order valence-electron chi connectivity index (χ4n) is 2.36. The molecule has 0 N–H and O–H groups in total. The second kappa shape index (κ2) is 4.94. The van der Waals surface area contributed by atoms with Gasteiger partial charge in [-0.2, -0.15) is 0 Å². The highest BCUT2D eigenvalue weighted by atomic mass is 16.8. The molecule has 1 fully saturated rings. The Kier molecular flexibility index (Phi) is 3.64. The summed E-state index contributed by atoms with van der Waals surface area (Å²) in [6.45, 7) is 6.20. The zero-order valence-electron chi connectivity index (χ0n) is 11.4. The highest BCUT2D eigenvalue weighted by Crippen LogP contribution is 2.36. The molecule has 1 heterocycles.